The van der Waals surface area contributed by atoms with E-state index in [-0.39, 0.29) is 17.9 Å². The number of benzene rings is 1. The van der Waals surface area contributed by atoms with Gasteiger partial charge < -0.3 is 10.5 Å². The topological polar surface area (TPSA) is 35.2 Å². The number of nitrogens with two attached hydrogens (primary N) is 1. The van der Waals surface area contributed by atoms with Crippen LogP contribution < -0.4 is 10.5 Å². The quantitative estimate of drug-likeness (QED) is 0.795. The zero-order valence-electron chi connectivity index (χ0n) is 10.9. The lowest BCUT2D eigenvalue weighted by molar-refractivity contribution is -0.139. The summed E-state index contributed by atoms with van der Waals surface area (Å²) in [4.78, 5) is 0. The Labute approximate surface area is 124 Å². The highest BCUT2D eigenvalue weighted by molar-refractivity contribution is 9.10. The summed E-state index contributed by atoms with van der Waals surface area (Å²) < 4.78 is 45.1. The molecule has 2 N–H and O–H groups in total. The molecule has 112 valence electrons. The average molecular weight is 352 g/mol. The number of hydrogen-bond donors (Lipinski definition) is 1. The van der Waals surface area contributed by atoms with Crippen LogP contribution in [0.5, 0.6) is 5.75 Å². The van der Waals surface area contributed by atoms with Crippen molar-refractivity contribution in [3.8, 4) is 5.75 Å². The van der Waals surface area contributed by atoms with Crippen LogP contribution in [-0.2, 0) is 6.18 Å². The van der Waals surface area contributed by atoms with Gasteiger partial charge in [0.2, 0.25) is 0 Å². The Morgan fingerprint density at radius 1 is 1.15 bits per heavy atom. The summed E-state index contributed by atoms with van der Waals surface area (Å²) in [5.74, 6) is -0.144. The molecule has 0 radical (unpaired) electrons. The van der Waals surface area contributed by atoms with E-state index in [2.05, 4.69) is 15.9 Å². The SMILES string of the molecule is NC1CCCCCC1Oc1cc(Br)ccc1C(F)(F)F. The molecule has 2 unspecified atom stereocenters. The molecule has 0 saturated heterocycles. The van der Waals surface area contributed by atoms with Crippen molar-refractivity contribution >= 4 is 15.9 Å². The molecule has 0 spiro atoms. The van der Waals surface area contributed by atoms with Gasteiger partial charge in [-0.25, -0.2) is 0 Å². The number of halogens is 4. The van der Waals surface area contributed by atoms with Gasteiger partial charge in [-0.3, -0.25) is 0 Å². The van der Waals surface area contributed by atoms with E-state index < -0.39 is 11.7 Å². The molecule has 0 bridgehead atoms. The minimum atomic E-state index is -4.43. The predicted octanol–water partition coefficient (Wildman–Crippen LogP) is 4.51. The normalized spacial score (nSPS) is 24.2. The van der Waals surface area contributed by atoms with Crippen molar-refractivity contribution in [3.63, 3.8) is 0 Å². The zero-order chi connectivity index (χ0) is 14.8. The Bertz CT molecular complexity index is 464. The molecule has 0 heterocycles. The van der Waals surface area contributed by atoms with E-state index in [1.54, 1.807) is 0 Å². The number of rotatable bonds is 2. The van der Waals surface area contributed by atoms with Crippen LogP contribution in [0.25, 0.3) is 0 Å². The maximum atomic E-state index is 13.0. The van der Waals surface area contributed by atoms with Gasteiger partial charge in [0.25, 0.3) is 0 Å². The Balaban J connectivity index is 2.25. The molecular weight excluding hydrogens is 335 g/mol. The van der Waals surface area contributed by atoms with Crippen LogP contribution >= 0.6 is 15.9 Å². The van der Waals surface area contributed by atoms with E-state index in [0.29, 0.717) is 10.9 Å². The molecule has 1 aromatic carbocycles. The van der Waals surface area contributed by atoms with Crippen molar-refractivity contribution in [2.45, 2.75) is 50.4 Å². The average Bonchev–Trinajstić information content (AvgIpc) is 2.53. The lowest BCUT2D eigenvalue weighted by Gasteiger charge is -2.25. The van der Waals surface area contributed by atoms with Crippen LogP contribution in [0.1, 0.15) is 37.7 Å². The minimum Gasteiger partial charge on any atom is -0.488 e. The molecule has 20 heavy (non-hydrogen) atoms. The van der Waals surface area contributed by atoms with Gasteiger partial charge in [-0.05, 0) is 37.5 Å². The van der Waals surface area contributed by atoms with Crippen molar-refractivity contribution in [2.24, 2.45) is 5.73 Å². The second kappa shape index (κ2) is 6.35. The molecule has 2 nitrogen and oxygen atoms in total. The summed E-state index contributed by atoms with van der Waals surface area (Å²) in [6.07, 6.45) is -0.291. The lowest BCUT2D eigenvalue weighted by Crippen LogP contribution is -2.38. The molecule has 2 rings (SSSR count). The van der Waals surface area contributed by atoms with Crippen LogP contribution in [0, 0.1) is 0 Å². The maximum Gasteiger partial charge on any atom is 0.419 e. The minimum absolute atomic E-state index is 0.144. The van der Waals surface area contributed by atoms with Crippen molar-refractivity contribution in [1.29, 1.82) is 0 Å². The number of hydrogen-bond acceptors (Lipinski definition) is 2. The molecule has 0 aromatic heterocycles. The van der Waals surface area contributed by atoms with Crippen molar-refractivity contribution < 1.29 is 17.9 Å². The highest BCUT2D eigenvalue weighted by Gasteiger charge is 2.35. The van der Waals surface area contributed by atoms with Crippen LogP contribution in [0.2, 0.25) is 0 Å². The van der Waals surface area contributed by atoms with Gasteiger partial charge in [-0.2, -0.15) is 13.2 Å². The summed E-state index contributed by atoms with van der Waals surface area (Å²) in [7, 11) is 0. The third-order valence-corrected chi connectivity index (χ3v) is 4.02. The van der Waals surface area contributed by atoms with E-state index in [1.807, 2.05) is 0 Å². The van der Waals surface area contributed by atoms with Gasteiger partial charge in [0.1, 0.15) is 11.9 Å². The Hall–Kier alpha value is -0.750. The summed E-state index contributed by atoms with van der Waals surface area (Å²) in [6, 6.07) is 3.54. The molecule has 1 aliphatic rings. The Kier molecular flexibility index (Phi) is 4.96. The van der Waals surface area contributed by atoms with Crippen LogP contribution in [-0.4, -0.2) is 12.1 Å². The molecule has 0 amide bonds. The molecule has 1 saturated carbocycles. The van der Waals surface area contributed by atoms with Crippen LogP contribution in [0.15, 0.2) is 22.7 Å². The Morgan fingerprint density at radius 3 is 2.55 bits per heavy atom. The smallest absolute Gasteiger partial charge is 0.419 e. The van der Waals surface area contributed by atoms with Gasteiger partial charge >= 0.3 is 6.18 Å². The Morgan fingerprint density at radius 2 is 1.85 bits per heavy atom. The van der Waals surface area contributed by atoms with Gasteiger partial charge in [-0.1, -0.05) is 28.8 Å². The number of alkyl halides is 3. The first-order valence-corrected chi connectivity index (χ1v) is 7.46. The standard InChI is InChI=1S/C14H17BrF3NO/c15-9-6-7-10(14(16,17)18)13(8-9)20-12-5-3-1-2-4-11(12)19/h6-8,11-12H,1-5,19H2. The first kappa shape index (κ1) is 15.6. The third kappa shape index (κ3) is 3.88. The monoisotopic (exact) mass is 351 g/mol. The number of ether oxygens (including phenoxy) is 1. The molecule has 1 aliphatic carbocycles. The van der Waals surface area contributed by atoms with Gasteiger partial charge in [-0.15, -0.1) is 0 Å². The fraction of sp³-hybridized carbons (Fsp3) is 0.571. The highest BCUT2D eigenvalue weighted by Crippen LogP contribution is 2.38. The van der Waals surface area contributed by atoms with Crippen molar-refractivity contribution in [1.82, 2.24) is 0 Å². The largest absolute Gasteiger partial charge is 0.488 e. The predicted molar refractivity (Wildman–Crippen MR) is 74.6 cm³/mol. The summed E-state index contributed by atoms with van der Waals surface area (Å²) in [5, 5.41) is 0. The van der Waals surface area contributed by atoms with Crippen molar-refractivity contribution in [3.05, 3.63) is 28.2 Å². The van der Waals surface area contributed by atoms with E-state index in [9.17, 15) is 13.2 Å². The first-order valence-electron chi connectivity index (χ1n) is 6.67. The van der Waals surface area contributed by atoms with E-state index in [0.717, 1.165) is 31.7 Å². The van der Waals surface area contributed by atoms with Crippen LogP contribution in [0.4, 0.5) is 13.2 Å². The first-order chi connectivity index (χ1) is 9.38. The fourth-order valence-electron chi connectivity index (χ4n) is 2.44. The zero-order valence-corrected chi connectivity index (χ0v) is 12.5. The lowest BCUT2D eigenvalue weighted by atomic mass is 10.1. The second-order valence-corrected chi connectivity index (χ2v) is 6.01. The van der Waals surface area contributed by atoms with Gasteiger partial charge in [0.15, 0.2) is 0 Å². The molecule has 1 aromatic rings. The van der Waals surface area contributed by atoms with Crippen molar-refractivity contribution in [2.75, 3.05) is 0 Å². The van der Waals surface area contributed by atoms with Gasteiger partial charge in [0.05, 0.1) is 5.56 Å². The highest BCUT2D eigenvalue weighted by atomic mass is 79.9. The molecule has 1 fully saturated rings. The maximum absolute atomic E-state index is 13.0. The molecular formula is C14H17BrF3NO. The summed E-state index contributed by atoms with van der Waals surface area (Å²) >= 11 is 3.18. The molecule has 2 atom stereocenters. The van der Waals surface area contributed by atoms with E-state index in [4.69, 9.17) is 10.5 Å². The van der Waals surface area contributed by atoms with E-state index in [1.165, 1.54) is 12.1 Å². The third-order valence-electron chi connectivity index (χ3n) is 3.53. The second-order valence-electron chi connectivity index (χ2n) is 5.10. The van der Waals surface area contributed by atoms with Crippen LogP contribution in [0.3, 0.4) is 0 Å². The summed E-state index contributed by atoms with van der Waals surface area (Å²) in [5.41, 5.74) is 5.25. The fourth-order valence-corrected chi connectivity index (χ4v) is 2.78. The molecule has 6 heteroatoms. The summed E-state index contributed by atoms with van der Waals surface area (Å²) in [6.45, 7) is 0. The van der Waals surface area contributed by atoms with E-state index >= 15 is 0 Å². The van der Waals surface area contributed by atoms with Gasteiger partial charge in [0, 0.05) is 10.5 Å². The molecule has 0 aliphatic heterocycles.